The molecule has 2 saturated carbocycles. The van der Waals surface area contributed by atoms with Gasteiger partial charge in [0.2, 0.25) is 0 Å². The van der Waals surface area contributed by atoms with E-state index in [2.05, 4.69) is 153 Å². The summed E-state index contributed by atoms with van der Waals surface area (Å²) in [7, 11) is 2.84. The summed E-state index contributed by atoms with van der Waals surface area (Å²) in [5.41, 5.74) is 9.86. The predicted octanol–water partition coefficient (Wildman–Crippen LogP) is 13.2. The number of hydrogen-bond donors (Lipinski definition) is 0. The van der Waals surface area contributed by atoms with Gasteiger partial charge in [0.25, 0.3) is 0 Å². The molecule has 1 atom stereocenters. The van der Waals surface area contributed by atoms with Gasteiger partial charge in [-0.1, -0.05) is 0 Å². The summed E-state index contributed by atoms with van der Waals surface area (Å²) in [6.07, 6.45) is 17.1. The quantitative estimate of drug-likeness (QED) is 0.136. The number of rotatable bonds is 9. The zero-order valence-corrected chi connectivity index (χ0v) is 37.7. The van der Waals surface area contributed by atoms with Gasteiger partial charge in [-0.3, -0.25) is 0 Å². The summed E-state index contributed by atoms with van der Waals surface area (Å²) in [6, 6.07) is 46.5. The third kappa shape index (κ3) is 7.25. The maximum absolute atomic E-state index is 4.98. The molecular weight excluding hydrogens is 767 g/mol. The Balaban J connectivity index is 1.23. The second kappa shape index (κ2) is 16.5. The van der Waals surface area contributed by atoms with Crippen molar-refractivity contribution in [1.29, 1.82) is 0 Å². The topological polar surface area (TPSA) is 32.3 Å². The number of benzene rings is 6. The minimum absolute atomic E-state index is 0.584. The molecule has 10 rings (SSSR count). The number of aryl methyl sites for hydroxylation is 1. The van der Waals surface area contributed by atoms with Gasteiger partial charge in [0, 0.05) is 0 Å². The molecule has 1 unspecified atom stereocenters. The summed E-state index contributed by atoms with van der Waals surface area (Å²) in [4.78, 5) is 14.9. The number of aromatic nitrogens is 2. The normalized spacial score (nSPS) is 16.1. The van der Waals surface area contributed by atoms with Crippen molar-refractivity contribution in [1.82, 2.24) is 9.97 Å². The van der Waals surface area contributed by atoms with Gasteiger partial charge < -0.3 is 0 Å². The van der Waals surface area contributed by atoms with Crippen LogP contribution in [0.15, 0.2) is 134 Å². The molecule has 6 aromatic carbocycles. The van der Waals surface area contributed by atoms with E-state index in [4.69, 9.17) is 9.97 Å². The summed E-state index contributed by atoms with van der Waals surface area (Å²) >= 11 is 0. The van der Waals surface area contributed by atoms with Gasteiger partial charge in [-0.2, -0.15) is 0 Å². The van der Waals surface area contributed by atoms with Gasteiger partial charge in [0.15, 0.2) is 0 Å². The van der Waals surface area contributed by atoms with Crippen LogP contribution in [-0.2, 0) is 0 Å². The second-order valence-corrected chi connectivity index (χ2v) is 23.9. The van der Waals surface area contributed by atoms with E-state index < -0.39 is 7.26 Å². The van der Waals surface area contributed by atoms with E-state index in [-0.39, 0.29) is 0 Å². The van der Waals surface area contributed by atoms with Gasteiger partial charge in [-0.15, -0.1) is 0 Å². The summed E-state index contributed by atoms with van der Waals surface area (Å²) in [5, 5.41) is 12.3. The van der Waals surface area contributed by atoms with E-state index in [9.17, 15) is 0 Å². The molecule has 0 saturated heterocycles. The van der Waals surface area contributed by atoms with Gasteiger partial charge >= 0.3 is 360 Å². The Kier molecular flexibility index (Phi) is 10.8. The van der Waals surface area contributed by atoms with Crippen LogP contribution in [0.1, 0.15) is 69.8 Å². The Morgan fingerprint density at radius 3 is 1.60 bits per heavy atom. The molecule has 0 spiro atoms. The van der Waals surface area contributed by atoms with Crippen molar-refractivity contribution in [2.45, 2.75) is 82.4 Å². The Morgan fingerprint density at radius 1 is 0.500 bits per heavy atom. The summed E-state index contributed by atoms with van der Waals surface area (Å²) in [5.74, 6) is 0. The Hall–Kier alpha value is -4.88. The average molecular weight is 825 g/mol. The van der Waals surface area contributed by atoms with Crippen LogP contribution in [0, 0.1) is 6.92 Å². The van der Waals surface area contributed by atoms with Gasteiger partial charge in [-0.25, -0.2) is 0 Å². The van der Waals surface area contributed by atoms with Crippen LogP contribution < -0.4 is 25.7 Å². The monoisotopic (exact) mass is 824 g/mol. The van der Waals surface area contributed by atoms with Crippen LogP contribution in [-0.4, -0.2) is 42.0 Å². The zero-order chi connectivity index (χ0) is 40.8. The number of anilines is 4. The molecule has 8 aromatic rings. The molecule has 2 heterocycles. The Bertz CT molecular complexity index is 2860. The van der Waals surface area contributed by atoms with Gasteiger partial charge in [0.1, 0.15) is 0 Å². The standard InChI is InChI=1S/C54H58N4P2/c1-37-29-42-21-15-27-55-46(42)35-48(37)57(2)51-36-47-43(22-16-28-56-47)34-54(51)60(4,45-25-9-6-10-26-45)53-33-41-20-14-12-18-39(41)31-50(53)58(3)49-30-38-17-11-13-19-40(38)32-52(49)59-44-23-7-5-8-24-44/h11-22,27-36,44-45,59-60H,5-10,23-26H2,1-4H3. The van der Waals surface area contributed by atoms with E-state index >= 15 is 0 Å². The van der Waals surface area contributed by atoms with Crippen molar-refractivity contribution < 1.29 is 0 Å². The minimum atomic E-state index is -2.62. The molecule has 2 fully saturated rings. The van der Waals surface area contributed by atoms with Crippen molar-refractivity contribution in [3.63, 3.8) is 0 Å². The number of pyridine rings is 2. The first-order chi connectivity index (χ1) is 29.3. The molecule has 2 aliphatic carbocycles. The fourth-order valence-electron chi connectivity index (χ4n) is 10.9. The van der Waals surface area contributed by atoms with E-state index in [0.717, 1.165) is 25.3 Å². The van der Waals surface area contributed by atoms with Crippen LogP contribution in [0.3, 0.4) is 0 Å². The molecule has 0 bridgehead atoms. The first-order valence-corrected chi connectivity index (χ1v) is 26.1. The molecule has 2 aliphatic rings. The van der Waals surface area contributed by atoms with Gasteiger partial charge in [0.05, 0.1) is 0 Å². The van der Waals surface area contributed by atoms with Crippen LogP contribution >= 0.6 is 15.8 Å². The van der Waals surface area contributed by atoms with E-state index in [0.29, 0.717) is 5.66 Å². The van der Waals surface area contributed by atoms with E-state index in [1.807, 2.05) is 18.5 Å². The zero-order valence-electron chi connectivity index (χ0n) is 35.7. The SMILES string of the molecule is Cc1cc2cccnc2cc1N(C)c1cc2ncccc2cc1[PH](C)(c1cc2ccccc2cc1N(C)c1cc2ccccc2cc1PC1CCCCC1)C1CCCCC1. The van der Waals surface area contributed by atoms with Crippen LogP contribution in [0.5, 0.6) is 0 Å². The number of hydrogen-bond acceptors (Lipinski definition) is 4. The van der Waals surface area contributed by atoms with Crippen LogP contribution in [0.4, 0.5) is 22.7 Å². The van der Waals surface area contributed by atoms with E-state index in [1.54, 1.807) is 5.30 Å². The fraction of sp³-hybridized carbons (Fsp3) is 0.296. The first-order valence-electron chi connectivity index (χ1n) is 22.4. The van der Waals surface area contributed by atoms with E-state index in [1.165, 1.54) is 135 Å². The first kappa shape index (κ1) is 39.3. The van der Waals surface area contributed by atoms with Crippen molar-refractivity contribution in [2.75, 3.05) is 30.6 Å². The Labute approximate surface area is 358 Å². The third-order valence-electron chi connectivity index (χ3n) is 14.3. The Morgan fingerprint density at radius 2 is 0.967 bits per heavy atom. The molecule has 4 nitrogen and oxygen atoms in total. The molecule has 2 aromatic heterocycles. The van der Waals surface area contributed by atoms with Gasteiger partial charge in [-0.05, 0) is 0 Å². The number of fused-ring (bicyclic) bond motifs is 4. The molecule has 0 amide bonds. The van der Waals surface area contributed by atoms with Crippen LogP contribution in [0.2, 0.25) is 0 Å². The van der Waals surface area contributed by atoms with Crippen molar-refractivity contribution >= 4 is 97.9 Å². The summed E-state index contributed by atoms with van der Waals surface area (Å²) in [6.45, 7) is 4.99. The van der Waals surface area contributed by atoms with Crippen LogP contribution in [0.25, 0.3) is 43.4 Å². The number of nitrogens with zero attached hydrogens (tertiary/aromatic N) is 4. The fourth-order valence-corrected chi connectivity index (χ4v) is 17.9. The van der Waals surface area contributed by atoms with Crippen molar-refractivity contribution in [3.8, 4) is 0 Å². The molecule has 0 radical (unpaired) electrons. The van der Waals surface area contributed by atoms with Crippen molar-refractivity contribution in [2.24, 2.45) is 0 Å². The average Bonchev–Trinajstić information content (AvgIpc) is 3.30. The predicted molar refractivity (Wildman–Crippen MR) is 267 cm³/mol. The summed E-state index contributed by atoms with van der Waals surface area (Å²) < 4.78 is 0. The molecule has 0 N–H and O–H groups in total. The molecular formula is C54H58N4P2. The third-order valence-corrected chi connectivity index (χ3v) is 21.3. The molecule has 60 heavy (non-hydrogen) atoms. The molecule has 0 aliphatic heterocycles. The molecule has 6 heteroatoms. The second-order valence-electron chi connectivity index (χ2n) is 18.0. The van der Waals surface area contributed by atoms with Crippen molar-refractivity contribution in [3.05, 3.63) is 139 Å². The molecule has 304 valence electrons. The maximum atomic E-state index is 4.98.